The fourth-order valence-corrected chi connectivity index (χ4v) is 4.10. The summed E-state index contributed by atoms with van der Waals surface area (Å²) in [6.45, 7) is 0. The zero-order chi connectivity index (χ0) is 23.1. The molecule has 0 atom stereocenters. The molecule has 1 N–H and O–H groups in total. The van der Waals surface area contributed by atoms with E-state index in [4.69, 9.17) is 4.74 Å². The second-order valence-electron chi connectivity index (χ2n) is 7.24. The zero-order valence-corrected chi connectivity index (χ0v) is 17.4. The van der Waals surface area contributed by atoms with Crippen molar-refractivity contribution in [3.05, 3.63) is 71.8 Å². The van der Waals surface area contributed by atoms with Crippen molar-refractivity contribution in [3.8, 4) is 28.4 Å². The Bertz CT molecular complexity index is 1320. The molecule has 32 heavy (non-hydrogen) atoms. The molecule has 0 bridgehead atoms. The number of alkyl halides is 3. The van der Waals surface area contributed by atoms with Gasteiger partial charge in [-0.2, -0.15) is 0 Å². The molecule has 10 heteroatoms. The van der Waals surface area contributed by atoms with Crippen LogP contribution in [-0.2, 0) is 15.6 Å². The highest BCUT2D eigenvalue weighted by Crippen LogP contribution is 2.40. The Balaban J connectivity index is 1.71. The fraction of sp³-hybridized carbons (Fsp3) is 0.136. The number of halogens is 3. The molecule has 0 saturated heterocycles. The second kappa shape index (κ2) is 7.86. The van der Waals surface area contributed by atoms with E-state index in [1.807, 2.05) is 0 Å². The third kappa shape index (κ3) is 5.02. The topological polar surface area (TPSA) is 81.7 Å². The Kier molecular flexibility index (Phi) is 5.33. The number of anilines is 1. The smallest absolute Gasteiger partial charge is 0.454 e. The van der Waals surface area contributed by atoms with Crippen LogP contribution in [0.4, 0.5) is 18.9 Å². The van der Waals surface area contributed by atoms with Crippen LogP contribution in [0.5, 0.6) is 17.2 Å². The molecule has 1 aliphatic rings. The fourth-order valence-electron chi connectivity index (χ4n) is 3.31. The average molecular weight is 463 g/mol. The summed E-state index contributed by atoms with van der Waals surface area (Å²) >= 11 is 0. The molecule has 4 rings (SSSR count). The number of amides is 1. The Morgan fingerprint density at radius 3 is 2.44 bits per heavy atom. The predicted octanol–water partition coefficient (Wildman–Crippen LogP) is 5.15. The molecular formula is C22H16F3NO5S. The van der Waals surface area contributed by atoms with Crippen molar-refractivity contribution in [1.82, 2.24) is 0 Å². The van der Waals surface area contributed by atoms with Crippen LogP contribution in [0, 0.1) is 0 Å². The van der Waals surface area contributed by atoms with E-state index < -0.39 is 27.9 Å². The van der Waals surface area contributed by atoms with Crippen LogP contribution in [0.3, 0.4) is 0 Å². The first-order valence-corrected chi connectivity index (χ1v) is 11.3. The van der Waals surface area contributed by atoms with Gasteiger partial charge in [-0.25, -0.2) is 8.42 Å². The molecule has 0 fully saturated rings. The summed E-state index contributed by atoms with van der Waals surface area (Å²) in [5, 5.41) is 2.60. The molecule has 166 valence electrons. The molecular weight excluding hydrogens is 447 g/mol. The van der Waals surface area contributed by atoms with Gasteiger partial charge in [0.1, 0.15) is 11.5 Å². The van der Waals surface area contributed by atoms with E-state index in [0.717, 1.165) is 18.4 Å². The first-order valence-electron chi connectivity index (χ1n) is 9.27. The second-order valence-corrected chi connectivity index (χ2v) is 9.38. The number of carbonyl (C=O) groups is 1. The third-order valence-corrected chi connectivity index (χ3v) is 5.43. The quantitative estimate of drug-likeness (QED) is 0.579. The summed E-state index contributed by atoms with van der Waals surface area (Å²) in [5.74, 6) is -0.975. The Hall–Kier alpha value is -3.53. The van der Waals surface area contributed by atoms with Gasteiger partial charge >= 0.3 is 6.36 Å². The van der Waals surface area contributed by atoms with E-state index in [9.17, 15) is 26.4 Å². The van der Waals surface area contributed by atoms with Gasteiger partial charge in [0.2, 0.25) is 0 Å². The number of fused-ring (bicyclic) bond motifs is 2. The number of ether oxygens (including phenoxy) is 2. The minimum atomic E-state index is -4.87. The van der Waals surface area contributed by atoms with Crippen LogP contribution < -0.4 is 14.8 Å². The minimum Gasteiger partial charge on any atom is -0.454 e. The van der Waals surface area contributed by atoms with Gasteiger partial charge in [0.15, 0.2) is 15.6 Å². The van der Waals surface area contributed by atoms with Crippen molar-refractivity contribution < 1.29 is 35.9 Å². The van der Waals surface area contributed by atoms with E-state index in [0.29, 0.717) is 16.7 Å². The monoisotopic (exact) mass is 463 g/mol. The first kappa shape index (κ1) is 21.7. The summed E-state index contributed by atoms with van der Waals surface area (Å²) in [6, 6.07) is 15.0. The lowest BCUT2D eigenvalue weighted by atomic mass is 10.0. The Labute approximate surface area is 181 Å². The molecule has 0 radical (unpaired) electrons. The summed E-state index contributed by atoms with van der Waals surface area (Å²) < 4.78 is 70.6. The molecule has 1 heterocycles. The van der Waals surface area contributed by atoms with Gasteiger partial charge in [0.05, 0.1) is 17.0 Å². The third-order valence-electron chi connectivity index (χ3n) is 4.57. The zero-order valence-electron chi connectivity index (χ0n) is 16.6. The first-order chi connectivity index (χ1) is 15.0. The standard InChI is InChI=1S/C22H16F3NO5S/c1-32(28,29)12-13-3-2-4-14(9-13)15-5-7-17-19(10-15)30-20-11-16(31-22(23,24)25)6-8-18(20)26-21(17)27/h2-11H,12H2,1H3,(H,26,27). The van der Waals surface area contributed by atoms with Crippen molar-refractivity contribution in [1.29, 1.82) is 0 Å². The lowest BCUT2D eigenvalue weighted by molar-refractivity contribution is -0.274. The number of nitrogens with one attached hydrogen (secondary N) is 1. The van der Waals surface area contributed by atoms with E-state index in [1.54, 1.807) is 36.4 Å². The molecule has 3 aromatic carbocycles. The molecule has 0 unspecified atom stereocenters. The predicted molar refractivity (Wildman–Crippen MR) is 112 cm³/mol. The molecule has 6 nitrogen and oxygen atoms in total. The number of hydrogen-bond acceptors (Lipinski definition) is 5. The van der Waals surface area contributed by atoms with Crippen LogP contribution >= 0.6 is 0 Å². The number of sulfone groups is 1. The average Bonchev–Trinajstić information content (AvgIpc) is 2.80. The van der Waals surface area contributed by atoms with Gasteiger partial charge in [0.25, 0.3) is 5.91 Å². The summed E-state index contributed by atoms with van der Waals surface area (Å²) in [6.07, 6.45) is -3.73. The van der Waals surface area contributed by atoms with Crippen molar-refractivity contribution in [3.63, 3.8) is 0 Å². The number of hydrogen-bond donors (Lipinski definition) is 1. The number of carbonyl (C=O) groups excluding carboxylic acids is 1. The van der Waals surface area contributed by atoms with Crippen LogP contribution in [0.2, 0.25) is 0 Å². The molecule has 3 aromatic rings. The highest BCUT2D eigenvalue weighted by Gasteiger charge is 2.32. The molecule has 1 aliphatic heterocycles. The maximum absolute atomic E-state index is 12.6. The summed E-state index contributed by atoms with van der Waals surface area (Å²) in [7, 11) is -3.22. The van der Waals surface area contributed by atoms with E-state index >= 15 is 0 Å². The minimum absolute atomic E-state index is 0.0122. The highest BCUT2D eigenvalue weighted by molar-refractivity contribution is 7.89. The maximum atomic E-state index is 12.6. The van der Waals surface area contributed by atoms with Crippen molar-refractivity contribution in [2.24, 2.45) is 0 Å². The maximum Gasteiger partial charge on any atom is 0.573 e. The van der Waals surface area contributed by atoms with E-state index in [1.165, 1.54) is 12.1 Å². The van der Waals surface area contributed by atoms with Crippen LogP contribution in [0.25, 0.3) is 11.1 Å². The Morgan fingerprint density at radius 2 is 1.72 bits per heavy atom. The van der Waals surface area contributed by atoms with E-state index in [-0.39, 0.29) is 28.5 Å². The van der Waals surface area contributed by atoms with Gasteiger partial charge in [0, 0.05) is 12.3 Å². The van der Waals surface area contributed by atoms with Crippen LogP contribution in [0.15, 0.2) is 60.7 Å². The van der Waals surface area contributed by atoms with Crippen molar-refractivity contribution >= 4 is 21.4 Å². The van der Waals surface area contributed by atoms with Crippen molar-refractivity contribution in [2.75, 3.05) is 11.6 Å². The largest absolute Gasteiger partial charge is 0.573 e. The number of benzene rings is 3. The molecule has 0 spiro atoms. The van der Waals surface area contributed by atoms with Crippen molar-refractivity contribution in [2.45, 2.75) is 12.1 Å². The number of rotatable bonds is 4. The van der Waals surface area contributed by atoms with Gasteiger partial charge in [-0.1, -0.05) is 30.3 Å². The highest BCUT2D eigenvalue weighted by atomic mass is 32.2. The van der Waals surface area contributed by atoms with E-state index in [2.05, 4.69) is 10.1 Å². The van der Waals surface area contributed by atoms with Gasteiger partial charge < -0.3 is 14.8 Å². The molecule has 1 amide bonds. The summed E-state index contributed by atoms with van der Waals surface area (Å²) in [5.41, 5.74) is 2.31. The molecule has 0 aromatic heterocycles. The lowest BCUT2D eigenvalue weighted by Gasteiger charge is -2.13. The molecule has 0 saturated carbocycles. The SMILES string of the molecule is CS(=O)(=O)Cc1cccc(-c2ccc3c(c2)Oc2cc(OC(F)(F)F)ccc2NC3=O)c1. The lowest BCUT2D eigenvalue weighted by Crippen LogP contribution is -2.17. The van der Waals surface area contributed by atoms with Gasteiger partial charge in [-0.3, -0.25) is 4.79 Å². The normalized spacial score (nSPS) is 13.3. The molecule has 0 aliphatic carbocycles. The Morgan fingerprint density at radius 1 is 0.969 bits per heavy atom. The van der Waals surface area contributed by atoms with Gasteiger partial charge in [-0.15, -0.1) is 13.2 Å². The van der Waals surface area contributed by atoms with Gasteiger partial charge in [-0.05, 0) is 41.0 Å². The van der Waals surface area contributed by atoms with Crippen LogP contribution in [0.1, 0.15) is 15.9 Å². The summed E-state index contributed by atoms with van der Waals surface area (Å²) in [4.78, 5) is 12.6. The van der Waals surface area contributed by atoms with Crippen LogP contribution in [-0.4, -0.2) is 26.9 Å².